The summed E-state index contributed by atoms with van der Waals surface area (Å²) in [5.41, 5.74) is 4.00. The molecule has 1 aromatic heterocycles. The SMILES string of the molecule is Cc1ccc(C(=O)Oc2cccc(C3C4=C(O)c5ccccc5C4=[NH+]c4c3c(=O)n(C)c(=O)n4C)c2)cc1. The lowest BCUT2D eigenvalue weighted by atomic mass is 9.81. The molecule has 2 aliphatic rings. The number of nitrogens with one attached hydrogen (secondary N) is 1. The molecule has 0 amide bonds. The highest BCUT2D eigenvalue weighted by atomic mass is 16.5. The summed E-state index contributed by atoms with van der Waals surface area (Å²) in [6, 6.07) is 21.4. The maximum atomic E-state index is 13.5. The zero-order valence-electron chi connectivity index (χ0n) is 21.0. The molecule has 8 nitrogen and oxygen atoms in total. The molecular weight excluding hydrogens is 482 g/mol. The fraction of sp³-hybridized carbons (Fsp3) is 0.133. The average molecular weight is 507 g/mol. The number of allylic oxidation sites excluding steroid dienone is 1. The first-order valence-corrected chi connectivity index (χ1v) is 12.1. The number of hydrogen-bond acceptors (Lipinski definition) is 5. The first-order valence-electron chi connectivity index (χ1n) is 12.1. The molecular formula is C30H24N3O5+. The fourth-order valence-electron chi connectivity index (χ4n) is 5.22. The Morgan fingerprint density at radius 2 is 1.63 bits per heavy atom. The van der Waals surface area contributed by atoms with Crippen LogP contribution in [-0.2, 0) is 14.1 Å². The summed E-state index contributed by atoms with van der Waals surface area (Å²) >= 11 is 0. The van der Waals surface area contributed by atoms with Gasteiger partial charge in [0.25, 0.3) is 11.4 Å². The van der Waals surface area contributed by atoms with E-state index in [1.54, 1.807) is 37.4 Å². The Labute approximate surface area is 217 Å². The predicted molar refractivity (Wildman–Crippen MR) is 142 cm³/mol. The van der Waals surface area contributed by atoms with Gasteiger partial charge in [0.2, 0.25) is 0 Å². The molecule has 0 saturated heterocycles. The highest BCUT2D eigenvalue weighted by molar-refractivity contribution is 6.21. The van der Waals surface area contributed by atoms with Crippen molar-refractivity contribution in [1.82, 2.24) is 9.13 Å². The summed E-state index contributed by atoms with van der Waals surface area (Å²) in [5, 5.41) is 11.4. The molecule has 3 aromatic carbocycles. The molecule has 4 aromatic rings. The van der Waals surface area contributed by atoms with E-state index in [9.17, 15) is 19.5 Å². The molecule has 38 heavy (non-hydrogen) atoms. The lowest BCUT2D eigenvalue weighted by Crippen LogP contribution is -2.73. The minimum absolute atomic E-state index is 0.0525. The number of aryl methyl sites for hydroxylation is 1. The monoisotopic (exact) mass is 506 g/mol. The average Bonchev–Trinajstić information content (AvgIpc) is 3.21. The largest absolute Gasteiger partial charge is 0.507 e. The van der Waals surface area contributed by atoms with Crippen molar-refractivity contribution in [1.29, 1.82) is 0 Å². The molecule has 1 aliphatic carbocycles. The molecule has 1 atom stereocenters. The van der Waals surface area contributed by atoms with Gasteiger partial charge in [0.15, 0.2) is 0 Å². The molecule has 6 rings (SSSR count). The zero-order valence-corrected chi connectivity index (χ0v) is 21.0. The maximum absolute atomic E-state index is 13.5. The minimum Gasteiger partial charge on any atom is -0.507 e. The quantitative estimate of drug-likeness (QED) is 0.328. The number of carbonyl (C=O) groups excluding carboxylic acids is 1. The van der Waals surface area contributed by atoms with Crippen molar-refractivity contribution in [2.24, 2.45) is 14.1 Å². The molecule has 0 spiro atoms. The van der Waals surface area contributed by atoms with Gasteiger partial charge in [-0.15, -0.1) is 0 Å². The summed E-state index contributed by atoms with van der Waals surface area (Å²) in [6.45, 7) is 1.94. The lowest BCUT2D eigenvalue weighted by molar-refractivity contribution is -0.364. The van der Waals surface area contributed by atoms with E-state index in [0.29, 0.717) is 45.1 Å². The second-order valence-corrected chi connectivity index (χ2v) is 9.54. The van der Waals surface area contributed by atoms with Crippen LogP contribution in [0.5, 0.6) is 5.75 Å². The summed E-state index contributed by atoms with van der Waals surface area (Å²) in [5.74, 6) is -0.525. The number of hydrogen-bond donors (Lipinski definition) is 2. The standard InChI is InChI=1S/C30H23N3O5/c1-16-11-13-17(14-12-16)29(36)38-19-8-6-7-18(15-19)22-23-25(20-9-4-5-10-21(20)26(23)34)31-27-24(22)28(35)33(3)30(37)32(27)2/h4-15,22,34H,1-3H3/p+1. The molecule has 8 heteroatoms. The number of benzene rings is 3. The van der Waals surface area contributed by atoms with Gasteiger partial charge in [-0.1, -0.05) is 48.0 Å². The second kappa shape index (κ2) is 8.55. The Morgan fingerprint density at radius 1 is 0.921 bits per heavy atom. The Bertz CT molecular complexity index is 1840. The van der Waals surface area contributed by atoms with E-state index in [1.165, 1.54) is 11.6 Å². The van der Waals surface area contributed by atoms with E-state index >= 15 is 0 Å². The van der Waals surface area contributed by atoms with E-state index in [4.69, 9.17) is 4.74 Å². The fourth-order valence-corrected chi connectivity index (χ4v) is 5.22. The number of aliphatic hydroxyl groups is 1. The van der Waals surface area contributed by atoms with Gasteiger partial charge in [-0.05, 0) is 42.8 Å². The predicted octanol–water partition coefficient (Wildman–Crippen LogP) is 2.24. The number of carbonyl (C=O) groups is 1. The lowest BCUT2D eigenvalue weighted by Gasteiger charge is -2.24. The maximum Gasteiger partial charge on any atom is 0.417 e. The van der Waals surface area contributed by atoms with Gasteiger partial charge in [0, 0.05) is 18.2 Å². The Balaban J connectivity index is 1.54. The van der Waals surface area contributed by atoms with Crippen molar-refractivity contribution < 1.29 is 19.6 Å². The van der Waals surface area contributed by atoms with Crippen molar-refractivity contribution in [2.75, 3.05) is 0 Å². The second-order valence-electron chi connectivity index (χ2n) is 9.54. The minimum atomic E-state index is -0.725. The van der Waals surface area contributed by atoms with Crippen LogP contribution in [0.2, 0.25) is 0 Å². The van der Waals surface area contributed by atoms with Crippen LogP contribution >= 0.6 is 0 Å². The number of nitrogens with zero attached hydrogens (tertiary/aromatic N) is 2. The third-order valence-corrected chi connectivity index (χ3v) is 7.19. The molecule has 0 radical (unpaired) electrons. The van der Waals surface area contributed by atoms with Crippen molar-refractivity contribution in [2.45, 2.75) is 12.8 Å². The first kappa shape index (κ1) is 23.4. The highest BCUT2D eigenvalue weighted by Gasteiger charge is 2.44. The smallest absolute Gasteiger partial charge is 0.417 e. The van der Waals surface area contributed by atoms with Crippen LogP contribution in [0, 0.1) is 6.92 Å². The normalized spacial score (nSPS) is 15.4. The number of fused-ring (bicyclic) bond motifs is 4. The first-order chi connectivity index (χ1) is 18.3. The summed E-state index contributed by atoms with van der Waals surface area (Å²) < 4.78 is 8.13. The van der Waals surface area contributed by atoms with E-state index in [0.717, 1.165) is 15.7 Å². The van der Waals surface area contributed by atoms with Crippen LogP contribution in [0.1, 0.15) is 44.1 Å². The molecule has 0 fully saturated rings. The molecule has 1 aliphatic heterocycles. The van der Waals surface area contributed by atoms with Crippen LogP contribution in [0.15, 0.2) is 88.0 Å². The van der Waals surface area contributed by atoms with E-state index < -0.39 is 23.1 Å². The van der Waals surface area contributed by atoms with Gasteiger partial charge in [-0.25, -0.2) is 19.1 Å². The van der Waals surface area contributed by atoms with Crippen molar-refractivity contribution in [3.63, 3.8) is 0 Å². The van der Waals surface area contributed by atoms with Crippen LogP contribution in [-0.4, -0.2) is 25.9 Å². The molecule has 188 valence electrons. The van der Waals surface area contributed by atoms with Gasteiger partial charge in [-0.3, -0.25) is 4.79 Å². The Kier molecular flexibility index (Phi) is 5.27. The molecule has 0 saturated carbocycles. The van der Waals surface area contributed by atoms with E-state index in [2.05, 4.69) is 4.99 Å². The third-order valence-electron chi connectivity index (χ3n) is 7.19. The zero-order chi connectivity index (χ0) is 26.7. The third kappa shape index (κ3) is 3.45. The summed E-state index contributed by atoms with van der Waals surface area (Å²) in [6.07, 6.45) is 0. The van der Waals surface area contributed by atoms with Crippen molar-refractivity contribution >= 4 is 23.3 Å². The number of rotatable bonds is 3. The molecule has 2 N–H and O–H groups in total. The molecule has 1 unspecified atom stereocenters. The summed E-state index contributed by atoms with van der Waals surface area (Å²) in [4.78, 5) is 42.4. The number of ether oxygens (including phenoxy) is 1. The van der Waals surface area contributed by atoms with Crippen LogP contribution in [0.4, 0.5) is 5.82 Å². The molecule has 0 bridgehead atoms. The number of aromatic nitrogens is 2. The number of esters is 1. The number of aliphatic hydroxyl groups excluding tert-OH is 1. The van der Waals surface area contributed by atoms with Crippen molar-refractivity contribution in [3.8, 4) is 5.75 Å². The van der Waals surface area contributed by atoms with Gasteiger partial charge in [-0.2, -0.15) is 4.57 Å². The van der Waals surface area contributed by atoms with Gasteiger partial charge in [0.05, 0.1) is 24.1 Å². The highest BCUT2D eigenvalue weighted by Crippen LogP contribution is 2.44. The topological polar surface area (TPSA) is 104 Å². The van der Waals surface area contributed by atoms with Gasteiger partial charge >= 0.3 is 11.7 Å². The van der Waals surface area contributed by atoms with Crippen molar-refractivity contribution in [3.05, 3.63) is 133 Å². The Hall–Kier alpha value is -4.98. The van der Waals surface area contributed by atoms with Gasteiger partial charge in [0.1, 0.15) is 22.8 Å². The molecule has 2 heterocycles. The van der Waals surface area contributed by atoms with E-state index in [-0.39, 0.29) is 5.76 Å². The van der Waals surface area contributed by atoms with Gasteiger partial charge < -0.3 is 9.84 Å². The van der Waals surface area contributed by atoms with E-state index in [1.807, 2.05) is 49.4 Å². The Morgan fingerprint density at radius 3 is 2.37 bits per heavy atom. The van der Waals surface area contributed by atoms with Crippen LogP contribution in [0.3, 0.4) is 0 Å². The van der Waals surface area contributed by atoms with Crippen LogP contribution in [0.25, 0.3) is 5.76 Å². The van der Waals surface area contributed by atoms with Crippen LogP contribution < -0.4 is 21.0 Å². The summed E-state index contributed by atoms with van der Waals surface area (Å²) in [7, 11) is 3.03.